The molecule has 1 aliphatic heterocycles. The van der Waals surface area contributed by atoms with E-state index in [0.717, 1.165) is 28.7 Å². The standard InChI is InChI=1S/C26H26Cl2N4O3S/c1-3-32-13-24(30-25(32)36-2)18-4-7-20(8-5-18)33-14-21-15-34-26(35-21,16-31-11-10-29-17-31)22-9-6-19(27)12-23(22)28/h4-13,17,21H,3,14-16H2,1-2H3/t21-,26-/m1/s1. The molecule has 4 aromatic rings. The second-order valence-corrected chi connectivity index (χ2v) is 10.0. The summed E-state index contributed by atoms with van der Waals surface area (Å²) in [5.74, 6) is -0.327. The van der Waals surface area contributed by atoms with Crippen LogP contribution in [0.5, 0.6) is 5.75 Å². The van der Waals surface area contributed by atoms with E-state index in [1.54, 1.807) is 36.4 Å². The minimum Gasteiger partial charge on any atom is -0.491 e. The number of thioether (sulfide) groups is 1. The van der Waals surface area contributed by atoms with Gasteiger partial charge in [0.25, 0.3) is 0 Å². The number of hydrogen-bond donors (Lipinski definition) is 0. The predicted octanol–water partition coefficient (Wildman–Crippen LogP) is 6.14. The minimum atomic E-state index is -1.08. The molecule has 0 saturated carbocycles. The van der Waals surface area contributed by atoms with Gasteiger partial charge in [-0.3, -0.25) is 0 Å². The SMILES string of the molecule is CCn1cc(-c2ccc(OC[C@@H]3CO[C@@](Cn4ccnc4)(c4ccc(Cl)cc4Cl)O3)cc2)nc1SC. The number of halogens is 2. The summed E-state index contributed by atoms with van der Waals surface area (Å²) in [6.07, 6.45) is 9.11. The van der Waals surface area contributed by atoms with Gasteiger partial charge in [0.2, 0.25) is 5.79 Å². The molecule has 10 heteroatoms. The van der Waals surface area contributed by atoms with Crippen molar-refractivity contribution in [1.29, 1.82) is 0 Å². The Morgan fingerprint density at radius 3 is 2.69 bits per heavy atom. The van der Waals surface area contributed by atoms with Gasteiger partial charge in [-0.2, -0.15) is 0 Å². The molecule has 2 atom stereocenters. The van der Waals surface area contributed by atoms with Gasteiger partial charge in [-0.25, -0.2) is 9.97 Å². The van der Waals surface area contributed by atoms with Gasteiger partial charge in [0, 0.05) is 41.3 Å². The highest BCUT2D eigenvalue weighted by Gasteiger charge is 2.45. The van der Waals surface area contributed by atoms with Gasteiger partial charge in [-0.1, -0.05) is 41.0 Å². The molecule has 0 amide bonds. The van der Waals surface area contributed by atoms with Crippen molar-refractivity contribution < 1.29 is 14.2 Å². The zero-order chi connectivity index (χ0) is 25.1. The van der Waals surface area contributed by atoms with Gasteiger partial charge in [0.1, 0.15) is 18.5 Å². The highest BCUT2D eigenvalue weighted by atomic mass is 35.5. The summed E-state index contributed by atoms with van der Waals surface area (Å²) in [6, 6.07) is 13.2. The lowest BCUT2D eigenvalue weighted by atomic mass is 10.1. The molecule has 188 valence electrons. The van der Waals surface area contributed by atoms with Crippen LogP contribution in [0, 0.1) is 0 Å². The number of imidazole rings is 2. The Bertz CT molecular complexity index is 1290. The molecule has 5 rings (SSSR count). The Labute approximate surface area is 224 Å². The van der Waals surface area contributed by atoms with Gasteiger partial charge < -0.3 is 23.3 Å². The summed E-state index contributed by atoms with van der Waals surface area (Å²) in [5.41, 5.74) is 2.71. The molecular weight excluding hydrogens is 519 g/mol. The predicted molar refractivity (Wildman–Crippen MR) is 142 cm³/mol. The second kappa shape index (κ2) is 10.9. The monoisotopic (exact) mass is 544 g/mol. The lowest BCUT2D eigenvalue weighted by molar-refractivity contribution is -0.189. The average Bonchev–Trinajstić information content (AvgIpc) is 3.63. The zero-order valence-corrected chi connectivity index (χ0v) is 22.3. The van der Waals surface area contributed by atoms with Crippen LogP contribution in [0.25, 0.3) is 11.3 Å². The Hall–Kier alpha value is -2.49. The van der Waals surface area contributed by atoms with Crippen molar-refractivity contribution in [1.82, 2.24) is 19.1 Å². The largest absolute Gasteiger partial charge is 0.491 e. The van der Waals surface area contributed by atoms with Gasteiger partial charge in [0.05, 0.1) is 30.2 Å². The highest BCUT2D eigenvalue weighted by molar-refractivity contribution is 7.98. The highest BCUT2D eigenvalue weighted by Crippen LogP contribution is 2.40. The molecule has 0 aliphatic carbocycles. The Kier molecular flexibility index (Phi) is 7.60. The van der Waals surface area contributed by atoms with Gasteiger partial charge in [0.15, 0.2) is 5.16 Å². The summed E-state index contributed by atoms with van der Waals surface area (Å²) in [4.78, 5) is 8.85. The minimum absolute atomic E-state index is 0.288. The van der Waals surface area contributed by atoms with Gasteiger partial charge in [-0.05, 0) is 49.6 Å². The fourth-order valence-corrected chi connectivity index (χ4v) is 5.37. The summed E-state index contributed by atoms with van der Waals surface area (Å²) in [7, 11) is 0. The fourth-order valence-electron chi connectivity index (χ4n) is 4.21. The van der Waals surface area contributed by atoms with E-state index in [0.29, 0.717) is 35.4 Å². The van der Waals surface area contributed by atoms with Crippen LogP contribution in [0.3, 0.4) is 0 Å². The Morgan fingerprint density at radius 2 is 2.03 bits per heavy atom. The maximum atomic E-state index is 6.55. The molecule has 0 radical (unpaired) electrons. The number of aromatic nitrogens is 4. The number of benzene rings is 2. The molecule has 1 saturated heterocycles. The van der Waals surface area contributed by atoms with Crippen molar-refractivity contribution in [3.8, 4) is 17.0 Å². The first kappa shape index (κ1) is 25.2. The van der Waals surface area contributed by atoms with Gasteiger partial charge >= 0.3 is 0 Å². The van der Waals surface area contributed by atoms with Crippen molar-refractivity contribution in [3.63, 3.8) is 0 Å². The molecule has 0 unspecified atom stereocenters. The Morgan fingerprint density at radius 1 is 1.19 bits per heavy atom. The third-order valence-electron chi connectivity index (χ3n) is 6.00. The molecule has 0 N–H and O–H groups in total. The van der Waals surface area contributed by atoms with E-state index < -0.39 is 5.79 Å². The second-order valence-electron chi connectivity index (χ2n) is 8.40. The molecule has 3 heterocycles. The van der Waals surface area contributed by atoms with Crippen LogP contribution < -0.4 is 4.74 Å². The van der Waals surface area contributed by atoms with Crippen LogP contribution in [0.2, 0.25) is 10.0 Å². The number of ether oxygens (including phenoxy) is 3. The normalized spacial score (nSPS) is 19.6. The van der Waals surface area contributed by atoms with Crippen LogP contribution in [0.15, 0.2) is 72.5 Å². The van der Waals surface area contributed by atoms with E-state index in [9.17, 15) is 0 Å². The molecule has 0 bridgehead atoms. The number of nitrogens with zero attached hydrogens (tertiary/aromatic N) is 4. The van der Waals surface area contributed by atoms with Crippen molar-refractivity contribution in [2.24, 2.45) is 0 Å². The molecular formula is C26H26Cl2N4O3S. The summed E-state index contributed by atoms with van der Waals surface area (Å²) >= 11 is 14.3. The van der Waals surface area contributed by atoms with Crippen molar-refractivity contribution in [3.05, 3.63) is 83.0 Å². The fraction of sp³-hybridized carbons (Fsp3) is 0.308. The molecule has 36 heavy (non-hydrogen) atoms. The lowest BCUT2D eigenvalue weighted by Gasteiger charge is -2.30. The maximum absolute atomic E-state index is 6.55. The van der Waals surface area contributed by atoms with Crippen molar-refractivity contribution in [2.75, 3.05) is 19.5 Å². The summed E-state index contributed by atoms with van der Waals surface area (Å²) < 4.78 is 22.8. The van der Waals surface area contributed by atoms with E-state index in [-0.39, 0.29) is 6.10 Å². The van der Waals surface area contributed by atoms with Crippen molar-refractivity contribution >= 4 is 35.0 Å². The summed E-state index contributed by atoms with van der Waals surface area (Å²) in [6.45, 7) is 4.08. The quantitative estimate of drug-likeness (QED) is 0.236. The maximum Gasteiger partial charge on any atom is 0.215 e. The number of aryl methyl sites for hydroxylation is 1. The van der Waals surface area contributed by atoms with Crippen LogP contribution in [-0.4, -0.2) is 44.7 Å². The molecule has 1 fully saturated rings. The summed E-state index contributed by atoms with van der Waals surface area (Å²) in [5, 5.41) is 2.04. The van der Waals surface area contributed by atoms with Crippen LogP contribution >= 0.6 is 35.0 Å². The van der Waals surface area contributed by atoms with Crippen LogP contribution in [-0.2, 0) is 28.4 Å². The van der Waals surface area contributed by atoms with Crippen molar-refractivity contribution in [2.45, 2.75) is 37.1 Å². The molecule has 1 aliphatic rings. The molecule has 7 nitrogen and oxygen atoms in total. The van der Waals surface area contributed by atoms with E-state index in [4.69, 9.17) is 42.4 Å². The topological polar surface area (TPSA) is 63.3 Å². The third kappa shape index (κ3) is 5.28. The molecule has 2 aromatic heterocycles. The zero-order valence-electron chi connectivity index (χ0n) is 19.9. The van der Waals surface area contributed by atoms with E-state index >= 15 is 0 Å². The first-order valence-electron chi connectivity index (χ1n) is 11.6. The van der Waals surface area contributed by atoms with Crippen LogP contribution in [0.4, 0.5) is 0 Å². The average molecular weight is 545 g/mol. The molecule has 0 spiro atoms. The van der Waals surface area contributed by atoms with Gasteiger partial charge in [-0.15, -0.1) is 0 Å². The smallest absolute Gasteiger partial charge is 0.215 e. The molecule has 2 aromatic carbocycles. The Balaban J connectivity index is 1.28. The van der Waals surface area contributed by atoms with E-state index in [1.807, 2.05) is 47.4 Å². The first-order valence-corrected chi connectivity index (χ1v) is 13.5. The van der Waals surface area contributed by atoms with Crippen LogP contribution in [0.1, 0.15) is 12.5 Å². The number of hydrogen-bond acceptors (Lipinski definition) is 6. The first-order chi connectivity index (χ1) is 17.5. The number of rotatable bonds is 9. The van der Waals surface area contributed by atoms with E-state index in [2.05, 4.69) is 22.7 Å². The van der Waals surface area contributed by atoms with E-state index in [1.165, 1.54) is 0 Å². The third-order valence-corrected chi connectivity index (χ3v) is 7.24. The lowest BCUT2D eigenvalue weighted by Crippen LogP contribution is -2.34.